The van der Waals surface area contributed by atoms with Crippen LogP contribution < -0.4 is 10.6 Å². The molecule has 1 unspecified atom stereocenters. The summed E-state index contributed by atoms with van der Waals surface area (Å²) in [6.45, 7) is 2.25. The molecule has 1 atom stereocenters. The maximum atomic E-state index is 10.8. The van der Waals surface area contributed by atoms with Gasteiger partial charge in [0.2, 0.25) is 5.91 Å². The van der Waals surface area contributed by atoms with Crippen LogP contribution in [0.25, 0.3) is 0 Å². The van der Waals surface area contributed by atoms with Gasteiger partial charge in [-0.2, -0.15) is 0 Å². The first-order valence-electron chi connectivity index (χ1n) is 6.21. The third-order valence-electron chi connectivity index (χ3n) is 3.68. The van der Waals surface area contributed by atoms with Crippen molar-refractivity contribution in [2.24, 2.45) is 5.73 Å². The van der Waals surface area contributed by atoms with Crippen molar-refractivity contribution in [2.45, 2.75) is 38.6 Å². The van der Waals surface area contributed by atoms with E-state index in [0.29, 0.717) is 12.5 Å². The number of amides is 1. The molecule has 17 heavy (non-hydrogen) atoms. The number of rotatable bonds is 3. The van der Waals surface area contributed by atoms with Gasteiger partial charge in [0.1, 0.15) is 0 Å². The van der Waals surface area contributed by atoms with E-state index in [-0.39, 0.29) is 5.91 Å². The van der Waals surface area contributed by atoms with Gasteiger partial charge >= 0.3 is 0 Å². The van der Waals surface area contributed by atoms with Crippen molar-refractivity contribution in [3.63, 3.8) is 0 Å². The van der Waals surface area contributed by atoms with Gasteiger partial charge in [-0.3, -0.25) is 4.79 Å². The van der Waals surface area contributed by atoms with Crippen LogP contribution in [0.5, 0.6) is 0 Å². The molecule has 1 heterocycles. The lowest BCUT2D eigenvalue weighted by Gasteiger charge is -2.34. The van der Waals surface area contributed by atoms with Gasteiger partial charge in [-0.25, -0.2) is 0 Å². The summed E-state index contributed by atoms with van der Waals surface area (Å²) in [4.78, 5) is 13.1. The number of carbonyl (C=O) groups is 1. The molecular formula is C14H20N2O. The molecule has 1 aliphatic heterocycles. The van der Waals surface area contributed by atoms with Crippen molar-refractivity contribution in [3.8, 4) is 0 Å². The Hall–Kier alpha value is -1.51. The number of primary amides is 1. The minimum atomic E-state index is -0.228. The van der Waals surface area contributed by atoms with Crippen LogP contribution >= 0.6 is 0 Å². The normalized spacial score (nSPS) is 18.9. The zero-order chi connectivity index (χ0) is 12.4. The monoisotopic (exact) mass is 232 g/mol. The van der Waals surface area contributed by atoms with Gasteiger partial charge in [0, 0.05) is 25.2 Å². The largest absolute Gasteiger partial charge is 0.372 e. The van der Waals surface area contributed by atoms with E-state index >= 15 is 0 Å². The minimum absolute atomic E-state index is 0.228. The van der Waals surface area contributed by atoms with Gasteiger partial charge in [-0.1, -0.05) is 12.1 Å². The first-order valence-corrected chi connectivity index (χ1v) is 6.21. The maximum Gasteiger partial charge on any atom is 0.217 e. The predicted molar refractivity (Wildman–Crippen MR) is 70.1 cm³/mol. The highest BCUT2D eigenvalue weighted by atomic mass is 16.1. The Kier molecular flexibility index (Phi) is 3.36. The molecule has 0 spiro atoms. The molecule has 0 aromatic heterocycles. The maximum absolute atomic E-state index is 10.8. The fourth-order valence-corrected chi connectivity index (χ4v) is 2.40. The van der Waals surface area contributed by atoms with E-state index < -0.39 is 0 Å². The van der Waals surface area contributed by atoms with Crippen LogP contribution in [0.1, 0.15) is 30.9 Å². The molecule has 3 nitrogen and oxygen atoms in total. The molecular weight excluding hydrogens is 212 g/mol. The smallest absolute Gasteiger partial charge is 0.217 e. The molecule has 1 aliphatic rings. The van der Waals surface area contributed by atoms with E-state index in [4.69, 9.17) is 5.73 Å². The van der Waals surface area contributed by atoms with E-state index in [2.05, 4.69) is 37.1 Å². The van der Waals surface area contributed by atoms with Crippen molar-refractivity contribution < 1.29 is 4.79 Å². The Morgan fingerprint density at radius 2 is 2.29 bits per heavy atom. The highest BCUT2D eigenvalue weighted by Crippen LogP contribution is 2.30. The molecule has 1 aromatic carbocycles. The number of carbonyl (C=O) groups excluding carboxylic acids is 1. The second-order valence-corrected chi connectivity index (χ2v) is 4.93. The molecule has 1 aromatic rings. The summed E-state index contributed by atoms with van der Waals surface area (Å²) in [5.41, 5.74) is 9.11. The number of anilines is 1. The highest BCUT2D eigenvalue weighted by Gasteiger charge is 2.19. The summed E-state index contributed by atoms with van der Waals surface area (Å²) < 4.78 is 0. The van der Waals surface area contributed by atoms with Crippen LogP contribution in [0.4, 0.5) is 5.69 Å². The number of nitrogens with two attached hydrogens (primary N) is 1. The van der Waals surface area contributed by atoms with Crippen molar-refractivity contribution in [1.29, 1.82) is 0 Å². The number of nitrogens with zero attached hydrogens (tertiary/aromatic N) is 1. The zero-order valence-electron chi connectivity index (χ0n) is 10.6. The van der Waals surface area contributed by atoms with Gasteiger partial charge in [0.05, 0.1) is 0 Å². The molecule has 0 radical (unpaired) electrons. The molecule has 0 bridgehead atoms. The van der Waals surface area contributed by atoms with E-state index in [0.717, 1.165) is 12.8 Å². The summed E-state index contributed by atoms with van der Waals surface area (Å²) in [5.74, 6) is -0.228. The van der Waals surface area contributed by atoms with Crippen LogP contribution in [0.2, 0.25) is 0 Å². The van der Waals surface area contributed by atoms with Crippen molar-refractivity contribution in [1.82, 2.24) is 0 Å². The van der Waals surface area contributed by atoms with Gasteiger partial charge in [-0.05, 0) is 43.4 Å². The molecule has 1 amide bonds. The Morgan fingerprint density at radius 1 is 1.53 bits per heavy atom. The molecule has 3 heteroatoms. The third-order valence-corrected chi connectivity index (χ3v) is 3.68. The number of hydrogen-bond acceptors (Lipinski definition) is 2. The summed E-state index contributed by atoms with van der Waals surface area (Å²) in [7, 11) is 2.14. The van der Waals surface area contributed by atoms with Crippen molar-refractivity contribution in [3.05, 3.63) is 29.3 Å². The average Bonchev–Trinajstić information content (AvgIpc) is 2.31. The van der Waals surface area contributed by atoms with Gasteiger partial charge in [0.15, 0.2) is 0 Å². The van der Waals surface area contributed by atoms with E-state index in [1.54, 1.807) is 0 Å². The fraction of sp³-hybridized carbons (Fsp3) is 0.500. The molecule has 0 saturated heterocycles. The van der Waals surface area contributed by atoms with Gasteiger partial charge in [0.25, 0.3) is 0 Å². The quantitative estimate of drug-likeness (QED) is 0.865. The summed E-state index contributed by atoms with van der Waals surface area (Å²) >= 11 is 0. The van der Waals surface area contributed by atoms with Crippen LogP contribution in [-0.2, 0) is 17.6 Å². The molecule has 0 fully saturated rings. The van der Waals surface area contributed by atoms with Crippen LogP contribution in [0.3, 0.4) is 0 Å². The number of aryl methyl sites for hydroxylation is 2. The lowest BCUT2D eigenvalue weighted by molar-refractivity contribution is -0.117. The molecule has 92 valence electrons. The standard InChI is InChI=1S/C14H20N2O/c1-10-3-6-12-9-11(5-8-14(15)17)4-7-13(12)16(10)2/h4,7,9-10H,3,5-6,8H2,1-2H3,(H2,15,17). The predicted octanol–water partition coefficient (Wildman–Crippen LogP) is 1.88. The number of hydrogen-bond donors (Lipinski definition) is 1. The summed E-state index contributed by atoms with van der Waals surface area (Å²) in [6, 6.07) is 7.11. The second-order valence-electron chi connectivity index (χ2n) is 4.93. The SMILES string of the molecule is CC1CCc2cc(CCC(N)=O)ccc2N1C. The van der Waals surface area contributed by atoms with Gasteiger partial charge in [-0.15, -0.1) is 0 Å². The van der Waals surface area contributed by atoms with Crippen LogP contribution in [-0.4, -0.2) is 19.0 Å². The van der Waals surface area contributed by atoms with Crippen LogP contribution in [0, 0.1) is 0 Å². The zero-order valence-corrected chi connectivity index (χ0v) is 10.6. The Bertz CT molecular complexity index is 428. The minimum Gasteiger partial charge on any atom is -0.372 e. The van der Waals surface area contributed by atoms with Gasteiger partial charge < -0.3 is 10.6 Å². The third kappa shape index (κ3) is 2.60. The molecule has 2 rings (SSSR count). The first-order chi connectivity index (χ1) is 8.08. The highest BCUT2D eigenvalue weighted by molar-refractivity contribution is 5.74. The molecule has 0 saturated carbocycles. The summed E-state index contributed by atoms with van der Waals surface area (Å²) in [5, 5.41) is 0. The Morgan fingerprint density at radius 3 is 3.00 bits per heavy atom. The number of benzene rings is 1. The summed E-state index contributed by atoms with van der Waals surface area (Å²) in [6.07, 6.45) is 3.51. The second kappa shape index (κ2) is 4.78. The van der Waals surface area contributed by atoms with Crippen molar-refractivity contribution >= 4 is 11.6 Å². The van der Waals surface area contributed by atoms with E-state index in [9.17, 15) is 4.79 Å². The lowest BCUT2D eigenvalue weighted by atomic mass is 9.94. The Balaban J connectivity index is 2.17. The number of fused-ring (bicyclic) bond motifs is 1. The van der Waals surface area contributed by atoms with E-state index in [1.165, 1.54) is 23.2 Å². The lowest BCUT2D eigenvalue weighted by Crippen LogP contribution is -2.33. The van der Waals surface area contributed by atoms with Crippen LogP contribution in [0.15, 0.2) is 18.2 Å². The van der Waals surface area contributed by atoms with E-state index in [1.807, 2.05) is 0 Å². The average molecular weight is 232 g/mol. The Labute approximate surface area is 103 Å². The molecule has 2 N–H and O–H groups in total. The topological polar surface area (TPSA) is 46.3 Å². The fourth-order valence-electron chi connectivity index (χ4n) is 2.40. The first kappa shape index (κ1) is 12.0. The van der Waals surface area contributed by atoms with Crippen molar-refractivity contribution in [2.75, 3.05) is 11.9 Å². The molecule has 0 aliphatic carbocycles.